The Hall–Kier alpha value is -3.02. The first kappa shape index (κ1) is 31.9. The second-order valence-electron chi connectivity index (χ2n) is 12.7. The standard InChI is InChI=1S/C34H42BrN3O7/c35-24-20-34-28-27(29(24)45-34)33(43)44-25(22-12-4-1-5-13-22)21-36-26(40)16-8-3-9-17-37(23-14-6-2-7-15-23)32(42)30(34)38(31(28)41)18-10-11-19-39/h1,3-5,9,12-13,20,23,25,27-30,39H,2,6-8,10-11,14-19,21H2,(H,36,40)/b9-3-/t25-,27-,28+,29-,30-,34+/m1/s1. The predicted molar refractivity (Wildman–Crippen MR) is 169 cm³/mol. The molecule has 1 saturated carbocycles. The summed E-state index contributed by atoms with van der Waals surface area (Å²) in [6.45, 7) is 0.685. The lowest BCUT2D eigenvalue weighted by molar-refractivity contribution is -0.160. The normalized spacial score (nSPS) is 33.6. The van der Waals surface area contributed by atoms with Gasteiger partial charge in [0, 0.05) is 36.6 Å². The summed E-state index contributed by atoms with van der Waals surface area (Å²) < 4.78 is 13.4. The van der Waals surface area contributed by atoms with Gasteiger partial charge in [0.25, 0.3) is 0 Å². The van der Waals surface area contributed by atoms with Crippen molar-refractivity contribution in [3.63, 3.8) is 0 Å². The lowest BCUT2D eigenvalue weighted by atomic mass is 9.74. The second-order valence-corrected chi connectivity index (χ2v) is 13.6. The Morgan fingerprint density at radius 3 is 2.53 bits per heavy atom. The molecule has 11 heteroatoms. The Balaban J connectivity index is 1.41. The van der Waals surface area contributed by atoms with Gasteiger partial charge in [-0.05, 0) is 43.7 Å². The SMILES string of the molecule is O=C1CC/C=C\CN(C2CCCCC2)C(=O)[C@H]2N(CCCCO)C(=O)[C@@H]3[C@@H](C(=O)O[C@@H](c4ccccc4)CN1)[C@@H]1O[C@@]32C=C1Br. The van der Waals surface area contributed by atoms with E-state index in [1.165, 1.54) is 0 Å². The number of carbonyl (C=O) groups is 4. The summed E-state index contributed by atoms with van der Waals surface area (Å²) in [7, 11) is 0. The van der Waals surface area contributed by atoms with Crippen LogP contribution in [-0.2, 0) is 28.7 Å². The summed E-state index contributed by atoms with van der Waals surface area (Å²) >= 11 is 3.61. The Bertz CT molecular complexity index is 1350. The molecule has 10 nitrogen and oxygen atoms in total. The number of carbonyl (C=O) groups excluding carboxylic acids is 4. The Morgan fingerprint density at radius 1 is 1.00 bits per heavy atom. The van der Waals surface area contributed by atoms with E-state index in [4.69, 9.17) is 9.47 Å². The first-order valence-electron chi connectivity index (χ1n) is 16.3. The smallest absolute Gasteiger partial charge is 0.313 e. The summed E-state index contributed by atoms with van der Waals surface area (Å²) in [4.78, 5) is 59.6. The number of esters is 1. The number of aliphatic hydroxyl groups excluding tert-OH is 1. The zero-order chi connectivity index (χ0) is 31.6. The number of likely N-dealkylation sites (tertiary alicyclic amines) is 1. The summed E-state index contributed by atoms with van der Waals surface area (Å²) in [5, 5.41) is 12.4. The maximum absolute atomic E-state index is 14.8. The van der Waals surface area contributed by atoms with E-state index in [9.17, 15) is 24.3 Å². The van der Waals surface area contributed by atoms with Crippen LogP contribution in [0.25, 0.3) is 0 Å². The summed E-state index contributed by atoms with van der Waals surface area (Å²) in [6.07, 6.45) is 10.8. The van der Waals surface area contributed by atoms with E-state index >= 15 is 0 Å². The molecule has 242 valence electrons. The number of nitrogens with one attached hydrogen (secondary N) is 1. The lowest BCUT2D eigenvalue weighted by Gasteiger charge is -2.40. The molecule has 2 saturated heterocycles. The minimum atomic E-state index is -1.33. The van der Waals surface area contributed by atoms with E-state index in [1.807, 2.05) is 53.5 Å². The molecule has 0 unspecified atom stereocenters. The van der Waals surface area contributed by atoms with Crippen LogP contribution in [0.15, 0.2) is 53.0 Å². The molecule has 3 fully saturated rings. The van der Waals surface area contributed by atoms with Gasteiger partial charge in [-0.15, -0.1) is 0 Å². The maximum atomic E-state index is 14.8. The second kappa shape index (κ2) is 13.8. The summed E-state index contributed by atoms with van der Waals surface area (Å²) in [6, 6.07) is 8.27. The highest BCUT2D eigenvalue weighted by molar-refractivity contribution is 9.11. The van der Waals surface area contributed by atoms with Gasteiger partial charge in [-0.1, -0.05) is 77.7 Å². The van der Waals surface area contributed by atoms with E-state index in [1.54, 1.807) is 4.90 Å². The highest BCUT2D eigenvalue weighted by Crippen LogP contribution is 2.59. The van der Waals surface area contributed by atoms with Crippen molar-refractivity contribution in [3.05, 3.63) is 58.6 Å². The fraction of sp³-hybridized carbons (Fsp3) is 0.588. The first-order valence-corrected chi connectivity index (χ1v) is 17.1. The van der Waals surface area contributed by atoms with Crippen LogP contribution in [0.1, 0.15) is 69.5 Å². The molecule has 5 aliphatic rings. The van der Waals surface area contributed by atoms with Crippen molar-refractivity contribution in [1.29, 1.82) is 0 Å². The number of amides is 3. The van der Waals surface area contributed by atoms with Gasteiger partial charge in [-0.25, -0.2) is 0 Å². The third kappa shape index (κ3) is 6.11. The molecule has 1 aromatic rings. The van der Waals surface area contributed by atoms with Gasteiger partial charge in [0.15, 0.2) is 0 Å². The van der Waals surface area contributed by atoms with E-state index in [0.717, 1.165) is 37.7 Å². The molecule has 5 bridgehead atoms. The molecular formula is C34H42BrN3O7. The van der Waals surface area contributed by atoms with Crippen LogP contribution in [-0.4, -0.2) is 88.6 Å². The Morgan fingerprint density at radius 2 is 1.78 bits per heavy atom. The number of hydrogen-bond acceptors (Lipinski definition) is 7. The third-order valence-corrected chi connectivity index (χ3v) is 10.6. The average molecular weight is 685 g/mol. The lowest BCUT2D eigenvalue weighted by Crippen LogP contribution is -2.58. The van der Waals surface area contributed by atoms with Crippen molar-refractivity contribution >= 4 is 39.6 Å². The zero-order valence-electron chi connectivity index (χ0n) is 25.4. The van der Waals surface area contributed by atoms with Crippen molar-refractivity contribution in [2.24, 2.45) is 11.8 Å². The molecule has 6 rings (SSSR count). The number of cyclic esters (lactones) is 1. The van der Waals surface area contributed by atoms with Crippen molar-refractivity contribution in [1.82, 2.24) is 15.1 Å². The van der Waals surface area contributed by atoms with Crippen LogP contribution in [0.5, 0.6) is 0 Å². The molecule has 1 aromatic carbocycles. The molecule has 3 amide bonds. The number of allylic oxidation sites excluding steroid dienone is 1. The molecule has 2 N–H and O–H groups in total. The van der Waals surface area contributed by atoms with Crippen molar-refractivity contribution < 1.29 is 33.8 Å². The van der Waals surface area contributed by atoms with Gasteiger partial charge in [0.05, 0.1) is 12.5 Å². The predicted octanol–water partition coefficient (Wildman–Crippen LogP) is 3.54. The van der Waals surface area contributed by atoms with Crippen LogP contribution in [0.3, 0.4) is 0 Å². The molecule has 0 radical (unpaired) electrons. The summed E-state index contributed by atoms with van der Waals surface area (Å²) in [5.74, 6) is -3.19. The number of aliphatic hydroxyl groups is 1. The van der Waals surface area contributed by atoms with Gasteiger partial charge >= 0.3 is 5.97 Å². The van der Waals surface area contributed by atoms with Crippen LogP contribution in [0.4, 0.5) is 0 Å². The number of ether oxygens (including phenoxy) is 2. The molecular weight excluding hydrogens is 642 g/mol. The van der Waals surface area contributed by atoms with E-state index in [2.05, 4.69) is 21.2 Å². The molecule has 4 heterocycles. The fourth-order valence-corrected chi connectivity index (χ4v) is 8.53. The molecule has 6 atom stereocenters. The van der Waals surface area contributed by atoms with Crippen molar-refractivity contribution in [2.45, 2.75) is 87.7 Å². The molecule has 4 aliphatic heterocycles. The topological polar surface area (TPSA) is 125 Å². The first-order chi connectivity index (χ1) is 21.9. The largest absolute Gasteiger partial charge is 0.455 e. The number of halogens is 1. The van der Waals surface area contributed by atoms with Crippen LogP contribution >= 0.6 is 15.9 Å². The molecule has 0 aromatic heterocycles. The molecule has 1 aliphatic carbocycles. The van der Waals surface area contributed by atoms with E-state index in [-0.39, 0.29) is 49.9 Å². The molecule has 1 spiro atoms. The number of unbranched alkanes of at least 4 members (excludes halogenated alkanes) is 1. The van der Waals surface area contributed by atoms with Crippen LogP contribution in [0.2, 0.25) is 0 Å². The van der Waals surface area contributed by atoms with Gasteiger partial charge in [-0.3, -0.25) is 19.2 Å². The highest BCUT2D eigenvalue weighted by Gasteiger charge is 2.75. The van der Waals surface area contributed by atoms with E-state index in [0.29, 0.717) is 30.3 Å². The van der Waals surface area contributed by atoms with Gasteiger partial charge in [0.2, 0.25) is 17.7 Å². The van der Waals surface area contributed by atoms with Crippen LogP contribution in [0, 0.1) is 11.8 Å². The number of hydrogen-bond donors (Lipinski definition) is 2. The Kier molecular flexibility index (Phi) is 9.77. The minimum absolute atomic E-state index is 0.0181. The minimum Gasteiger partial charge on any atom is -0.455 e. The maximum Gasteiger partial charge on any atom is 0.313 e. The monoisotopic (exact) mass is 683 g/mol. The van der Waals surface area contributed by atoms with Crippen molar-refractivity contribution in [2.75, 3.05) is 26.2 Å². The highest BCUT2D eigenvalue weighted by atomic mass is 79.9. The van der Waals surface area contributed by atoms with Gasteiger partial charge in [-0.2, -0.15) is 0 Å². The Labute approximate surface area is 272 Å². The fourth-order valence-electron chi connectivity index (χ4n) is 7.80. The number of fused-ring (bicyclic) bond motifs is 2. The van der Waals surface area contributed by atoms with Crippen LogP contribution < -0.4 is 5.32 Å². The third-order valence-electron chi connectivity index (χ3n) is 9.96. The quantitative estimate of drug-likeness (QED) is 0.267. The average Bonchev–Trinajstić information content (AvgIpc) is 3.64. The summed E-state index contributed by atoms with van der Waals surface area (Å²) in [5.41, 5.74) is -0.612. The number of rotatable bonds is 6. The van der Waals surface area contributed by atoms with E-state index < -0.39 is 41.7 Å². The number of nitrogens with zero attached hydrogens (tertiary/aromatic N) is 2. The zero-order valence-corrected chi connectivity index (χ0v) is 27.0. The molecule has 45 heavy (non-hydrogen) atoms. The van der Waals surface area contributed by atoms with Gasteiger partial charge < -0.3 is 29.7 Å². The van der Waals surface area contributed by atoms with Crippen molar-refractivity contribution in [3.8, 4) is 0 Å². The van der Waals surface area contributed by atoms with Gasteiger partial charge in [0.1, 0.15) is 29.8 Å². The number of benzene rings is 1.